The Kier molecular flexibility index (Phi) is 6.60. The number of Topliss-reactive ketones (excluding diaryl/α,β-unsaturated/α-hetero) is 3. The van der Waals surface area contributed by atoms with Gasteiger partial charge in [-0.25, -0.2) is 0 Å². The number of ketones is 3. The number of nitrogens with two attached hydrogens (primary N) is 1. The number of rotatable bonds is 2. The summed E-state index contributed by atoms with van der Waals surface area (Å²) in [5.41, 5.74) is 1.51. The Morgan fingerprint density at radius 3 is 2.23 bits per heavy atom. The molecule has 5 N–H and O–H groups in total. The number of fused-ring (bicyclic) bond motifs is 3. The number of amides is 1. The Morgan fingerprint density at radius 2 is 1.71 bits per heavy atom. The van der Waals surface area contributed by atoms with E-state index in [2.05, 4.69) is 6.58 Å². The Balaban J connectivity index is 0.00000342. The van der Waals surface area contributed by atoms with Gasteiger partial charge < -0.3 is 32.4 Å². The summed E-state index contributed by atoms with van der Waals surface area (Å²) in [4.78, 5) is 54.5. The average Bonchev–Trinajstić information content (AvgIpc) is 2.73. The van der Waals surface area contributed by atoms with E-state index in [9.17, 15) is 34.5 Å². The molecule has 0 bridgehead atoms. The van der Waals surface area contributed by atoms with Crippen molar-refractivity contribution in [1.82, 2.24) is 4.90 Å². The Bertz CT molecular complexity index is 1270. The van der Waals surface area contributed by atoms with Gasteiger partial charge in [-0.3, -0.25) is 19.2 Å². The van der Waals surface area contributed by atoms with Gasteiger partial charge in [-0.15, -0.1) is 5.92 Å². The molecular formula is C25H27N2O7Y-. The van der Waals surface area contributed by atoms with Crippen LogP contribution in [-0.2, 0) is 47.1 Å². The number of likely N-dealkylation sites (N-methyl/N-ethyl adjacent to an activating group) is 1. The molecule has 35 heavy (non-hydrogen) atoms. The molecule has 0 aromatic heterocycles. The molecule has 5 atom stereocenters. The molecule has 1 aromatic rings. The van der Waals surface area contributed by atoms with Gasteiger partial charge >= 0.3 is 0 Å². The van der Waals surface area contributed by atoms with E-state index in [-0.39, 0.29) is 44.0 Å². The molecule has 1 radical (unpaired) electrons. The second kappa shape index (κ2) is 8.44. The van der Waals surface area contributed by atoms with E-state index >= 15 is 0 Å². The van der Waals surface area contributed by atoms with E-state index < -0.39 is 63.5 Å². The predicted molar refractivity (Wildman–Crippen MR) is 122 cm³/mol. The maximum absolute atomic E-state index is 14.0. The maximum atomic E-state index is 14.0. The molecule has 0 aliphatic heterocycles. The van der Waals surface area contributed by atoms with Crippen LogP contribution in [0.5, 0.6) is 5.75 Å². The zero-order valence-electron chi connectivity index (χ0n) is 20.2. The van der Waals surface area contributed by atoms with Gasteiger partial charge in [0, 0.05) is 32.7 Å². The molecule has 0 unspecified atom stereocenters. The topological polar surface area (TPSA) is 158 Å². The minimum atomic E-state index is -2.76. The number of primary amides is 1. The number of hydrogen-bond acceptors (Lipinski definition) is 8. The quantitative estimate of drug-likeness (QED) is 0.237. The van der Waals surface area contributed by atoms with Gasteiger partial charge in [-0.1, -0.05) is 24.1 Å². The third kappa shape index (κ3) is 3.21. The molecule has 0 heterocycles. The van der Waals surface area contributed by atoms with E-state index in [0.29, 0.717) is 22.3 Å². The van der Waals surface area contributed by atoms with Crippen LogP contribution in [0.3, 0.4) is 0 Å². The number of carbonyl (C=O) groups excluding carboxylic acids is 4. The second-order valence-electron chi connectivity index (χ2n) is 9.82. The molecule has 1 fully saturated rings. The third-order valence-corrected chi connectivity index (χ3v) is 7.66. The maximum Gasteiger partial charge on any atom is 0.255 e. The molecule has 9 nitrogen and oxygen atoms in total. The predicted octanol–water partition coefficient (Wildman–Crippen LogP) is 0.783. The molecule has 0 spiro atoms. The fourth-order valence-corrected chi connectivity index (χ4v) is 5.98. The molecule has 183 valence electrons. The zero-order valence-corrected chi connectivity index (χ0v) is 23.0. The van der Waals surface area contributed by atoms with Crippen molar-refractivity contribution in [3.05, 3.63) is 52.7 Å². The van der Waals surface area contributed by atoms with Gasteiger partial charge in [0.2, 0.25) is 0 Å². The van der Waals surface area contributed by atoms with Crippen molar-refractivity contribution in [2.45, 2.75) is 32.4 Å². The number of aryl methyl sites for hydroxylation is 2. The van der Waals surface area contributed by atoms with Crippen molar-refractivity contribution in [3.8, 4) is 5.75 Å². The largest absolute Gasteiger partial charge is 0.508 e. The smallest absolute Gasteiger partial charge is 0.255 e. The summed E-state index contributed by atoms with van der Waals surface area (Å²) in [6.45, 7) is 8.81. The summed E-state index contributed by atoms with van der Waals surface area (Å²) in [6.07, 6.45) is 1.48. The number of phenolic OH excluding ortho intramolecular Hbond substituents is 1. The molecular weight excluding hydrogens is 529 g/mol. The summed E-state index contributed by atoms with van der Waals surface area (Å²) in [6, 6.07) is 0.491. The number of carbonyl (C=O) groups is 4. The minimum absolute atomic E-state index is 0. The second-order valence-corrected chi connectivity index (χ2v) is 9.82. The van der Waals surface area contributed by atoms with Crippen molar-refractivity contribution < 1.29 is 67.2 Å². The van der Waals surface area contributed by atoms with E-state index in [4.69, 9.17) is 5.73 Å². The standard InChI is InChI=1S/C25H27N2O7.Y/c1-9-7-10(2)18(28)15-14(9)11(3)12-8-13-17(27(5)6)19(29)16(22(26)32)21(31)25(13,34)23(33)24(12,4)20(15)30;/h7-8,12-13,17,28,31,34H,3H2,1-2,4-6H3,(H2,26,32);/q-1;/t12-,13+,17+,24-,25-;/m1./s1. The van der Waals surface area contributed by atoms with Gasteiger partial charge in [0.25, 0.3) is 5.91 Å². The molecule has 0 saturated heterocycles. The number of aromatic hydroxyl groups is 1. The number of nitrogens with zero attached hydrogens (tertiary/aromatic N) is 1. The fraction of sp³-hybridized carbons (Fsp3) is 0.400. The van der Waals surface area contributed by atoms with Crippen molar-refractivity contribution in [1.29, 1.82) is 0 Å². The first-order valence-electron chi connectivity index (χ1n) is 10.8. The van der Waals surface area contributed by atoms with Gasteiger partial charge in [0.15, 0.2) is 23.0 Å². The summed E-state index contributed by atoms with van der Waals surface area (Å²) in [7, 11) is 3.05. The Labute approximate surface area is 227 Å². The van der Waals surface area contributed by atoms with Crippen LogP contribution in [-0.4, -0.2) is 69.2 Å². The minimum Gasteiger partial charge on any atom is -0.508 e. The van der Waals surface area contributed by atoms with Crippen LogP contribution in [0.1, 0.15) is 34.0 Å². The van der Waals surface area contributed by atoms with Gasteiger partial charge in [0.1, 0.15) is 17.1 Å². The van der Waals surface area contributed by atoms with Gasteiger partial charge in [-0.2, -0.15) is 0 Å². The molecule has 4 rings (SSSR count). The summed E-state index contributed by atoms with van der Waals surface area (Å²) in [5.74, 6) is -7.67. The van der Waals surface area contributed by atoms with E-state index in [0.717, 1.165) is 0 Å². The first-order valence-corrected chi connectivity index (χ1v) is 10.8. The van der Waals surface area contributed by atoms with Crippen LogP contribution in [0.4, 0.5) is 0 Å². The molecule has 3 aliphatic rings. The number of allylic oxidation sites excluding steroid dienone is 1. The van der Waals surface area contributed by atoms with Crippen LogP contribution in [0, 0.1) is 37.5 Å². The van der Waals surface area contributed by atoms with Crippen molar-refractivity contribution >= 4 is 28.8 Å². The van der Waals surface area contributed by atoms with Crippen LogP contribution < -0.4 is 5.73 Å². The number of aliphatic hydroxyl groups is 2. The first-order chi connectivity index (χ1) is 15.6. The van der Waals surface area contributed by atoms with E-state index in [1.165, 1.54) is 32.3 Å². The number of benzene rings is 1. The summed E-state index contributed by atoms with van der Waals surface area (Å²) < 4.78 is 0. The van der Waals surface area contributed by atoms with Gasteiger partial charge in [0.05, 0.1) is 17.0 Å². The molecule has 1 aromatic carbocycles. The van der Waals surface area contributed by atoms with Crippen molar-refractivity contribution in [3.63, 3.8) is 0 Å². The Hall–Kier alpha value is -2.20. The summed E-state index contributed by atoms with van der Waals surface area (Å²) in [5, 5.41) is 33.3. The first kappa shape index (κ1) is 27.4. The number of phenols is 1. The van der Waals surface area contributed by atoms with Crippen molar-refractivity contribution in [2.75, 3.05) is 14.1 Å². The average molecular weight is 556 g/mol. The third-order valence-electron chi connectivity index (χ3n) is 7.66. The Morgan fingerprint density at radius 1 is 1.14 bits per heavy atom. The van der Waals surface area contributed by atoms with Crippen LogP contribution in [0.25, 0.3) is 5.57 Å². The number of aliphatic hydroxyl groups excluding tert-OH is 1. The molecule has 10 heteroatoms. The summed E-state index contributed by atoms with van der Waals surface area (Å²) >= 11 is 0. The van der Waals surface area contributed by atoms with Crippen LogP contribution in [0.2, 0.25) is 0 Å². The normalized spacial score (nSPS) is 32.1. The molecule has 1 amide bonds. The van der Waals surface area contributed by atoms with E-state index in [1.807, 2.05) is 0 Å². The monoisotopic (exact) mass is 556 g/mol. The SMILES string of the molecule is C=C1c2c(C)cc(C)c(O)c2C(=O)[C@]2(C)C(=O)[C@]3(O)C(O)=C(C(N)=O)C(=O)[C@@H](N(C)C)[C@@H]3[CH-][C@H]12.[Y]. The van der Waals surface area contributed by atoms with Gasteiger partial charge in [-0.05, 0) is 51.6 Å². The number of hydrogen-bond donors (Lipinski definition) is 4. The van der Waals surface area contributed by atoms with Crippen LogP contribution >= 0.6 is 0 Å². The fourth-order valence-electron chi connectivity index (χ4n) is 5.98. The van der Waals surface area contributed by atoms with Crippen molar-refractivity contribution in [2.24, 2.45) is 23.0 Å². The molecule has 3 aliphatic carbocycles. The molecule has 1 saturated carbocycles. The van der Waals surface area contributed by atoms with Crippen LogP contribution in [0.15, 0.2) is 24.0 Å². The van der Waals surface area contributed by atoms with E-state index in [1.54, 1.807) is 19.9 Å². The zero-order chi connectivity index (χ0) is 25.7.